The first-order chi connectivity index (χ1) is 12.1. The summed E-state index contributed by atoms with van der Waals surface area (Å²) < 4.78 is 10.6. The molecular formula is C18H18ClN3O2S. The van der Waals surface area contributed by atoms with Gasteiger partial charge in [-0.25, -0.2) is 4.99 Å². The second kappa shape index (κ2) is 7.80. The van der Waals surface area contributed by atoms with E-state index in [0.717, 1.165) is 27.7 Å². The number of rotatable bonds is 4. The number of nitrogens with zero attached hydrogens (tertiary/aromatic N) is 2. The Hall–Kier alpha value is -2.18. The molecule has 2 aromatic rings. The van der Waals surface area contributed by atoms with Crippen molar-refractivity contribution in [1.82, 2.24) is 5.43 Å². The van der Waals surface area contributed by atoms with E-state index < -0.39 is 0 Å². The molecule has 25 heavy (non-hydrogen) atoms. The molecule has 0 spiro atoms. The molecule has 1 N–H and O–H groups in total. The predicted molar refractivity (Wildman–Crippen MR) is 105 cm³/mol. The highest BCUT2D eigenvalue weighted by molar-refractivity contribution is 8.14. The number of hydrogen-bond acceptors (Lipinski definition) is 5. The van der Waals surface area contributed by atoms with Gasteiger partial charge >= 0.3 is 0 Å². The van der Waals surface area contributed by atoms with E-state index in [4.69, 9.17) is 21.1 Å². The first-order valence-corrected chi connectivity index (χ1v) is 9.00. The van der Waals surface area contributed by atoms with Gasteiger partial charge in [0.05, 0.1) is 25.6 Å². The standard InChI is InChI=1S/C18H18ClN3O2S/c1-11-13(19)5-4-6-14(11)20-18-22-21-15(10-25-18)12-7-8-16(23-2)17(9-12)24-3/h4-9H,10H2,1-3H3,(H,20,22). The Bertz CT molecular complexity index is 852. The number of nitrogens with one attached hydrogen (secondary N) is 1. The number of methoxy groups -OCH3 is 2. The summed E-state index contributed by atoms with van der Waals surface area (Å²) in [5, 5.41) is 5.90. The van der Waals surface area contributed by atoms with Crippen LogP contribution in [0, 0.1) is 6.92 Å². The van der Waals surface area contributed by atoms with E-state index in [2.05, 4.69) is 15.5 Å². The van der Waals surface area contributed by atoms with Gasteiger partial charge in [-0.1, -0.05) is 29.4 Å². The summed E-state index contributed by atoms with van der Waals surface area (Å²) in [5.41, 5.74) is 6.71. The number of hydrazone groups is 1. The number of hydrogen-bond donors (Lipinski definition) is 1. The first-order valence-electron chi connectivity index (χ1n) is 7.64. The van der Waals surface area contributed by atoms with E-state index in [0.29, 0.717) is 22.3 Å². The van der Waals surface area contributed by atoms with Crippen molar-refractivity contribution in [2.24, 2.45) is 10.1 Å². The Morgan fingerprint density at radius 2 is 1.96 bits per heavy atom. The second-order valence-electron chi connectivity index (χ2n) is 5.33. The molecule has 0 fully saturated rings. The average Bonchev–Trinajstić information content (AvgIpc) is 2.65. The van der Waals surface area contributed by atoms with Crippen molar-refractivity contribution in [3.05, 3.63) is 52.5 Å². The van der Waals surface area contributed by atoms with Crippen LogP contribution in [-0.4, -0.2) is 30.9 Å². The first kappa shape index (κ1) is 17.6. The van der Waals surface area contributed by atoms with E-state index in [1.165, 1.54) is 0 Å². The van der Waals surface area contributed by atoms with Crippen LogP contribution in [0.2, 0.25) is 5.02 Å². The largest absolute Gasteiger partial charge is 0.493 e. The molecule has 0 aromatic heterocycles. The smallest absolute Gasteiger partial charge is 0.182 e. The van der Waals surface area contributed by atoms with Crippen molar-refractivity contribution in [3.63, 3.8) is 0 Å². The maximum Gasteiger partial charge on any atom is 0.182 e. The molecule has 1 aliphatic heterocycles. The van der Waals surface area contributed by atoms with Gasteiger partial charge in [-0.2, -0.15) is 5.10 Å². The summed E-state index contributed by atoms with van der Waals surface area (Å²) in [6, 6.07) is 11.4. The van der Waals surface area contributed by atoms with Gasteiger partial charge in [-0.05, 0) is 42.8 Å². The van der Waals surface area contributed by atoms with E-state index in [9.17, 15) is 0 Å². The van der Waals surface area contributed by atoms with Crippen LogP contribution in [0.5, 0.6) is 11.5 Å². The van der Waals surface area contributed by atoms with Crippen molar-refractivity contribution < 1.29 is 9.47 Å². The van der Waals surface area contributed by atoms with E-state index in [-0.39, 0.29) is 0 Å². The van der Waals surface area contributed by atoms with Crippen molar-refractivity contribution in [2.75, 3.05) is 20.0 Å². The van der Waals surface area contributed by atoms with Crippen LogP contribution in [0.15, 0.2) is 46.5 Å². The molecule has 0 aliphatic carbocycles. The molecule has 0 atom stereocenters. The van der Waals surface area contributed by atoms with Crippen LogP contribution in [0.1, 0.15) is 11.1 Å². The highest BCUT2D eigenvalue weighted by Gasteiger charge is 2.15. The molecule has 0 radical (unpaired) electrons. The SMILES string of the molecule is COc1ccc(C2=NNC(=Nc3cccc(Cl)c3C)SC2)cc1OC. The number of aliphatic imine (C=N–C) groups is 1. The van der Waals surface area contributed by atoms with Gasteiger partial charge in [0.15, 0.2) is 16.7 Å². The fourth-order valence-corrected chi connectivity index (χ4v) is 3.31. The van der Waals surface area contributed by atoms with Crippen molar-refractivity contribution in [1.29, 1.82) is 0 Å². The normalized spacial score (nSPS) is 15.5. The zero-order chi connectivity index (χ0) is 17.8. The van der Waals surface area contributed by atoms with E-state index in [1.54, 1.807) is 26.0 Å². The zero-order valence-electron chi connectivity index (χ0n) is 14.2. The third-order valence-electron chi connectivity index (χ3n) is 3.81. The highest BCUT2D eigenvalue weighted by Crippen LogP contribution is 2.30. The van der Waals surface area contributed by atoms with Gasteiger partial charge in [0.25, 0.3) is 0 Å². The van der Waals surface area contributed by atoms with Gasteiger partial charge in [0.1, 0.15) is 0 Å². The van der Waals surface area contributed by atoms with Gasteiger partial charge in [0, 0.05) is 16.3 Å². The van der Waals surface area contributed by atoms with Gasteiger partial charge in [0.2, 0.25) is 0 Å². The molecule has 0 amide bonds. The van der Waals surface area contributed by atoms with Gasteiger partial charge in [-0.3, -0.25) is 5.43 Å². The average molecular weight is 376 g/mol. The number of halogens is 1. The minimum Gasteiger partial charge on any atom is -0.493 e. The van der Waals surface area contributed by atoms with Crippen LogP contribution < -0.4 is 14.9 Å². The zero-order valence-corrected chi connectivity index (χ0v) is 15.7. The van der Waals surface area contributed by atoms with Crippen LogP contribution >= 0.6 is 23.4 Å². The quantitative estimate of drug-likeness (QED) is 0.860. The number of benzene rings is 2. The number of amidine groups is 1. The summed E-state index contributed by atoms with van der Waals surface area (Å²) in [6.07, 6.45) is 0. The molecule has 0 bridgehead atoms. The van der Waals surface area contributed by atoms with E-state index >= 15 is 0 Å². The van der Waals surface area contributed by atoms with Crippen molar-refractivity contribution in [2.45, 2.75) is 6.92 Å². The molecule has 0 unspecified atom stereocenters. The summed E-state index contributed by atoms with van der Waals surface area (Å²) in [7, 11) is 3.24. The topological polar surface area (TPSA) is 55.2 Å². The molecule has 1 aliphatic rings. The Morgan fingerprint density at radius 3 is 2.64 bits per heavy atom. The fraction of sp³-hybridized carbons (Fsp3) is 0.222. The fourth-order valence-electron chi connectivity index (χ4n) is 2.36. The lowest BCUT2D eigenvalue weighted by atomic mass is 10.1. The summed E-state index contributed by atoms with van der Waals surface area (Å²) in [5.74, 6) is 2.09. The maximum absolute atomic E-state index is 6.14. The lowest BCUT2D eigenvalue weighted by Gasteiger charge is -2.16. The minimum absolute atomic E-state index is 0.682. The molecule has 5 nitrogen and oxygen atoms in total. The monoisotopic (exact) mass is 375 g/mol. The van der Waals surface area contributed by atoms with Gasteiger partial charge in [-0.15, -0.1) is 0 Å². The molecule has 0 saturated carbocycles. The third-order valence-corrected chi connectivity index (χ3v) is 5.09. The Kier molecular flexibility index (Phi) is 5.50. The molecule has 0 saturated heterocycles. The summed E-state index contributed by atoms with van der Waals surface area (Å²) in [4.78, 5) is 4.60. The van der Waals surface area contributed by atoms with Gasteiger partial charge < -0.3 is 9.47 Å². The lowest BCUT2D eigenvalue weighted by molar-refractivity contribution is 0.355. The number of ether oxygens (including phenoxy) is 2. The Balaban J connectivity index is 1.81. The van der Waals surface area contributed by atoms with Crippen LogP contribution in [0.25, 0.3) is 0 Å². The number of thioether (sulfide) groups is 1. The molecule has 2 aromatic carbocycles. The molecule has 7 heteroatoms. The van der Waals surface area contributed by atoms with Crippen LogP contribution in [0.4, 0.5) is 5.69 Å². The van der Waals surface area contributed by atoms with Crippen molar-refractivity contribution >= 4 is 39.9 Å². The molecule has 1 heterocycles. The highest BCUT2D eigenvalue weighted by atomic mass is 35.5. The molecule has 130 valence electrons. The summed E-state index contributed by atoms with van der Waals surface area (Å²) >= 11 is 7.73. The predicted octanol–water partition coefficient (Wildman–Crippen LogP) is 4.39. The lowest BCUT2D eigenvalue weighted by Crippen LogP contribution is -2.25. The molecular weight excluding hydrogens is 358 g/mol. The minimum atomic E-state index is 0.682. The maximum atomic E-state index is 6.14. The van der Waals surface area contributed by atoms with Crippen molar-refractivity contribution in [3.8, 4) is 11.5 Å². The third kappa shape index (κ3) is 3.91. The Morgan fingerprint density at radius 1 is 1.16 bits per heavy atom. The van der Waals surface area contributed by atoms with Crippen LogP contribution in [0.3, 0.4) is 0 Å². The van der Waals surface area contributed by atoms with Crippen LogP contribution in [-0.2, 0) is 0 Å². The summed E-state index contributed by atoms with van der Waals surface area (Å²) in [6.45, 7) is 1.95. The molecule has 3 rings (SSSR count). The Labute approximate surface area is 156 Å². The second-order valence-corrected chi connectivity index (χ2v) is 6.70. The van der Waals surface area contributed by atoms with E-state index in [1.807, 2.05) is 43.3 Å².